The highest BCUT2D eigenvalue weighted by Gasteiger charge is 2.49. The third-order valence-electron chi connectivity index (χ3n) is 6.63. The molecular weight excluding hydrogens is 490 g/mol. The molecule has 0 aliphatic carbocycles. The molecule has 1 aliphatic rings. The van der Waals surface area contributed by atoms with Gasteiger partial charge in [0.25, 0.3) is 5.91 Å². The Morgan fingerprint density at radius 1 is 1.11 bits per heavy atom. The number of aryl methyl sites for hydroxylation is 1. The van der Waals surface area contributed by atoms with E-state index in [9.17, 15) is 19.5 Å². The van der Waals surface area contributed by atoms with Crippen LogP contribution >= 0.6 is 11.8 Å². The van der Waals surface area contributed by atoms with E-state index in [0.29, 0.717) is 6.54 Å². The molecule has 200 valence electrons. The van der Waals surface area contributed by atoms with E-state index in [1.807, 2.05) is 75.4 Å². The number of aliphatic hydroxyl groups is 2. The highest BCUT2D eigenvalue weighted by molar-refractivity contribution is 8.00. The van der Waals surface area contributed by atoms with Crippen molar-refractivity contribution in [1.29, 1.82) is 0 Å². The van der Waals surface area contributed by atoms with Gasteiger partial charge in [0.05, 0.1) is 11.9 Å². The monoisotopic (exact) mass is 527 g/mol. The standard InChI is InChI=1S/C28H37N3O5S/c1-19-10-7-8-13-21(19)17-29-26(35)25-28(2,3)37-18-31(25)27(36)24(34)22(30-23(33)14-9-15-32)16-20-11-5-4-6-12-20/h4-8,10-13,22,24-25,32,34H,9,14-18H2,1-3H3,(H,29,35)(H,30,33). The Kier molecular flexibility index (Phi) is 10.1. The first-order valence-electron chi connectivity index (χ1n) is 12.5. The Balaban J connectivity index is 1.77. The van der Waals surface area contributed by atoms with Gasteiger partial charge in [0.1, 0.15) is 6.04 Å². The van der Waals surface area contributed by atoms with Crippen molar-refractivity contribution in [2.75, 3.05) is 12.5 Å². The molecule has 8 nitrogen and oxygen atoms in total. The van der Waals surface area contributed by atoms with E-state index in [2.05, 4.69) is 10.6 Å². The number of carbonyl (C=O) groups excluding carboxylic acids is 3. The van der Waals surface area contributed by atoms with Crippen LogP contribution in [0.5, 0.6) is 0 Å². The Bertz CT molecular complexity index is 1080. The minimum absolute atomic E-state index is 0.0826. The van der Waals surface area contributed by atoms with E-state index in [1.54, 1.807) is 0 Å². The Labute approximate surface area is 222 Å². The van der Waals surface area contributed by atoms with Crippen LogP contribution in [0.25, 0.3) is 0 Å². The van der Waals surface area contributed by atoms with Gasteiger partial charge in [-0.15, -0.1) is 11.8 Å². The summed E-state index contributed by atoms with van der Waals surface area (Å²) >= 11 is 1.47. The van der Waals surface area contributed by atoms with Gasteiger partial charge in [0, 0.05) is 24.3 Å². The average molecular weight is 528 g/mol. The Morgan fingerprint density at radius 3 is 2.46 bits per heavy atom. The summed E-state index contributed by atoms with van der Waals surface area (Å²) in [6, 6.07) is 15.4. The van der Waals surface area contributed by atoms with E-state index < -0.39 is 28.8 Å². The number of nitrogens with zero attached hydrogens (tertiary/aromatic N) is 1. The first kappa shape index (κ1) is 28.7. The van der Waals surface area contributed by atoms with E-state index >= 15 is 0 Å². The highest BCUT2D eigenvalue weighted by atomic mass is 32.2. The number of thioether (sulfide) groups is 1. The maximum Gasteiger partial charge on any atom is 0.254 e. The van der Waals surface area contributed by atoms with Crippen molar-refractivity contribution in [1.82, 2.24) is 15.5 Å². The quantitative estimate of drug-likeness (QED) is 0.356. The third kappa shape index (κ3) is 7.56. The maximum absolute atomic E-state index is 13.6. The summed E-state index contributed by atoms with van der Waals surface area (Å²) in [6.07, 6.45) is -0.931. The molecule has 1 heterocycles. The van der Waals surface area contributed by atoms with Crippen molar-refractivity contribution in [3.8, 4) is 0 Å². The van der Waals surface area contributed by atoms with E-state index in [0.717, 1.165) is 16.7 Å². The van der Waals surface area contributed by atoms with Gasteiger partial charge in [-0.3, -0.25) is 14.4 Å². The molecule has 1 saturated heterocycles. The molecule has 3 atom stereocenters. The van der Waals surface area contributed by atoms with Crippen molar-refractivity contribution < 1.29 is 24.6 Å². The molecule has 0 aromatic heterocycles. The van der Waals surface area contributed by atoms with Crippen LogP contribution in [0.15, 0.2) is 54.6 Å². The predicted molar refractivity (Wildman–Crippen MR) is 145 cm³/mol. The molecule has 1 aliphatic heterocycles. The van der Waals surface area contributed by atoms with Crippen LogP contribution in [0.3, 0.4) is 0 Å². The topological polar surface area (TPSA) is 119 Å². The molecule has 3 unspecified atom stereocenters. The molecule has 4 N–H and O–H groups in total. The van der Waals surface area contributed by atoms with Crippen molar-refractivity contribution in [2.45, 2.75) is 69.5 Å². The Hall–Kier alpha value is -2.88. The van der Waals surface area contributed by atoms with Crippen LogP contribution in [0, 0.1) is 6.92 Å². The average Bonchev–Trinajstić information content (AvgIpc) is 3.21. The SMILES string of the molecule is Cc1ccccc1CNC(=O)C1N(C(=O)C(O)C(Cc2ccccc2)NC(=O)CCCO)CSC1(C)C. The zero-order valence-corrected chi connectivity index (χ0v) is 22.5. The number of carbonyl (C=O) groups is 3. The summed E-state index contributed by atoms with van der Waals surface area (Å²) < 4.78 is -0.565. The molecule has 0 radical (unpaired) electrons. The van der Waals surface area contributed by atoms with Crippen LogP contribution in [0.4, 0.5) is 0 Å². The second kappa shape index (κ2) is 13.1. The van der Waals surface area contributed by atoms with Gasteiger partial charge in [-0.2, -0.15) is 0 Å². The lowest BCUT2D eigenvalue weighted by molar-refractivity contribution is -0.147. The zero-order chi connectivity index (χ0) is 27.0. The highest BCUT2D eigenvalue weighted by Crippen LogP contribution is 2.40. The largest absolute Gasteiger partial charge is 0.396 e. The summed E-state index contributed by atoms with van der Waals surface area (Å²) in [6.45, 7) is 6.01. The van der Waals surface area contributed by atoms with Gasteiger partial charge in [-0.05, 0) is 50.3 Å². The lowest BCUT2D eigenvalue weighted by Gasteiger charge is -2.33. The fraction of sp³-hybridized carbons (Fsp3) is 0.464. The number of hydrogen-bond donors (Lipinski definition) is 4. The number of amides is 3. The van der Waals surface area contributed by atoms with Crippen molar-refractivity contribution >= 4 is 29.5 Å². The van der Waals surface area contributed by atoms with Crippen LogP contribution in [0.2, 0.25) is 0 Å². The molecular formula is C28H37N3O5S. The smallest absolute Gasteiger partial charge is 0.254 e. The molecule has 0 spiro atoms. The fourth-order valence-corrected chi connectivity index (χ4v) is 5.61. The summed E-state index contributed by atoms with van der Waals surface area (Å²) in [5.41, 5.74) is 2.91. The summed E-state index contributed by atoms with van der Waals surface area (Å²) in [4.78, 5) is 40.8. The van der Waals surface area contributed by atoms with Crippen molar-refractivity contribution in [3.63, 3.8) is 0 Å². The molecule has 9 heteroatoms. The third-order valence-corrected chi connectivity index (χ3v) is 8.01. The Morgan fingerprint density at radius 2 is 1.78 bits per heavy atom. The summed E-state index contributed by atoms with van der Waals surface area (Å²) in [5, 5.41) is 26.0. The molecule has 3 rings (SSSR count). The normalized spacial score (nSPS) is 18.2. The van der Waals surface area contributed by atoms with Crippen LogP contribution in [-0.2, 0) is 27.3 Å². The lowest BCUT2D eigenvalue weighted by atomic mass is 9.97. The zero-order valence-electron chi connectivity index (χ0n) is 21.6. The number of hydrogen-bond acceptors (Lipinski definition) is 6. The lowest BCUT2D eigenvalue weighted by Crippen LogP contribution is -2.58. The number of rotatable bonds is 11. The van der Waals surface area contributed by atoms with Gasteiger partial charge in [-0.25, -0.2) is 0 Å². The van der Waals surface area contributed by atoms with Gasteiger partial charge < -0.3 is 25.7 Å². The van der Waals surface area contributed by atoms with Gasteiger partial charge in [0.2, 0.25) is 11.8 Å². The van der Waals surface area contributed by atoms with Gasteiger partial charge in [0.15, 0.2) is 6.10 Å². The number of aliphatic hydroxyl groups excluding tert-OH is 2. The molecule has 0 bridgehead atoms. The molecule has 37 heavy (non-hydrogen) atoms. The maximum atomic E-state index is 13.6. The minimum atomic E-state index is -1.54. The molecule has 2 aromatic rings. The van der Waals surface area contributed by atoms with Gasteiger partial charge in [-0.1, -0.05) is 54.6 Å². The second-order valence-corrected chi connectivity index (χ2v) is 11.5. The van der Waals surface area contributed by atoms with Crippen LogP contribution < -0.4 is 10.6 Å². The molecule has 1 fully saturated rings. The van der Waals surface area contributed by atoms with E-state index in [1.165, 1.54) is 16.7 Å². The van der Waals surface area contributed by atoms with Crippen LogP contribution in [0.1, 0.15) is 43.4 Å². The first-order valence-corrected chi connectivity index (χ1v) is 13.5. The number of nitrogens with one attached hydrogen (secondary N) is 2. The summed E-state index contributed by atoms with van der Waals surface area (Å²) in [7, 11) is 0. The minimum Gasteiger partial charge on any atom is -0.396 e. The van der Waals surface area contributed by atoms with Gasteiger partial charge >= 0.3 is 0 Å². The number of benzene rings is 2. The predicted octanol–water partition coefficient (Wildman–Crippen LogP) is 2.15. The van der Waals surface area contributed by atoms with E-state index in [-0.39, 0.29) is 43.6 Å². The second-order valence-electron chi connectivity index (χ2n) is 9.87. The van der Waals surface area contributed by atoms with Crippen molar-refractivity contribution in [2.24, 2.45) is 0 Å². The molecule has 2 aromatic carbocycles. The fourth-order valence-electron chi connectivity index (χ4n) is 4.47. The van der Waals surface area contributed by atoms with Crippen molar-refractivity contribution in [3.05, 3.63) is 71.3 Å². The first-order chi connectivity index (χ1) is 17.6. The van der Waals surface area contributed by atoms with E-state index in [4.69, 9.17) is 5.11 Å². The summed E-state index contributed by atoms with van der Waals surface area (Å²) in [5.74, 6) is -0.990. The molecule has 0 saturated carbocycles. The molecule has 3 amide bonds. The van der Waals surface area contributed by atoms with Crippen LogP contribution in [-0.4, -0.2) is 68.3 Å².